The van der Waals surface area contributed by atoms with Gasteiger partial charge in [0.25, 0.3) is 0 Å². The van der Waals surface area contributed by atoms with Crippen LogP contribution in [0.5, 0.6) is 0 Å². The number of halogens is 1. The summed E-state index contributed by atoms with van der Waals surface area (Å²) in [4.78, 5) is 5.05. The Morgan fingerprint density at radius 3 is 2.00 bits per heavy atom. The molecule has 0 bridgehead atoms. The van der Waals surface area contributed by atoms with Gasteiger partial charge in [-0.3, -0.25) is 9.80 Å². The molecule has 3 heteroatoms. The first-order valence-corrected chi connectivity index (χ1v) is 8.31. The second-order valence-corrected chi connectivity index (χ2v) is 6.60. The lowest BCUT2D eigenvalue weighted by atomic mass is 10.1. The monoisotopic (exact) mass is 314 g/mol. The number of hydrogen-bond donors (Lipinski definition) is 0. The van der Waals surface area contributed by atoms with E-state index in [-0.39, 0.29) is 0 Å². The smallest absolute Gasteiger partial charge is 0.0409 e. The van der Waals surface area contributed by atoms with Crippen LogP contribution in [0.25, 0.3) is 0 Å². The van der Waals surface area contributed by atoms with Gasteiger partial charge in [-0.05, 0) is 30.2 Å². The predicted molar refractivity (Wildman–Crippen MR) is 93.2 cm³/mol. The molecule has 0 atom stereocenters. The third-order valence-electron chi connectivity index (χ3n) is 4.29. The molecule has 1 fully saturated rings. The van der Waals surface area contributed by atoms with E-state index in [1.54, 1.807) is 0 Å². The third-order valence-corrected chi connectivity index (χ3v) is 4.52. The van der Waals surface area contributed by atoms with Crippen LogP contribution in [0.4, 0.5) is 0 Å². The van der Waals surface area contributed by atoms with Crippen molar-refractivity contribution in [3.63, 3.8) is 0 Å². The van der Waals surface area contributed by atoms with Crippen LogP contribution in [0.2, 0.25) is 5.02 Å². The van der Waals surface area contributed by atoms with E-state index < -0.39 is 0 Å². The lowest BCUT2D eigenvalue weighted by Crippen LogP contribution is -2.45. The summed E-state index contributed by atoms with van der Waals surface area (Å²) in [6.07, 6.45) is 0. The highest BCUT2D eigenvalue weighted by Crippen LogP contribution is 2.15. The Hall–Kier alpha value is -1.35. The van der Waals surface area contributed by atoms with Crippen LogP contribution in [0.1, 0.15) is 16.7 Å². The molecule has 1 aliphatic heterocycles. The van der Waals surface area contributed by atoms with Gasteiger partial charge in [0.2, 0.25) is 0 Å². The molecule has 0 spiro atoms. The number of rotatable bonds is 4. The van der Waals surface area contributed by atoms with Crippen LogP contribution in [-0.4, -0.2) is 36.0 Å². The van der Waals surface area contributed by atoms with Crippen molar-refractivity contribution in [2.45, 2.75) is 20.0 Å². The maximum absolute atomic E-state index is 6.06. The van der Waals surface area contributed by atoms with E-state index in [9.17, 15) is 0 Å². The molecule has 1 aliphatic rings. The van der Waals surface area contributed by atoms with Crippen LogP contribution in [0.15, 0.2) is 48.5 Å². The van der Waals surface area contributed by atoms with Gasteiger partial charge in [-0.25, -0.2) is 0 Å². The Morgan fingerprint density at radius 1 is 0.818 bits per heavy atom. The van der Waals surface area contributed by atoms with Crippen LogP contribution in [0, 0.1) is 6.92 Å². The van der Waals surface area contributed by atoms with Gasteiger partial charge >= 0.3 is 0 Å². The van der Waals surface area contributed by atoms with Crippen molar-refractivity contribution in [1.82, 2.24) is 9.80 Å². The molecule has 0 saturated carbocycles. The van der Waals surface area contributed by atoms with Gasteiger partial charge in [0, 0.05) is 44.3 Å². The summed E-state index contributed by atoms with van der Waals surface area (Å²) >= 11 is 6.06. The average molecular weight is 315 g/mol. The van der Waals surface area contributed by atoms with Crippen LogP contribution in [0.3, 0.4) is 0 Å². The van der Waals surface area contributed by atoms with Crippen molar-refractivity contribution < 1.29 is 0 Å². The largest absolute Gasteiger partial charge is 0.297 e. The molecule has 2 aromatic carbocycles. The number of benzene rings is 2. The summed E-state index contributed by atoms with van der Waals surface area (Å²) in [6, 6.07) is 17.1. The molecule has 0 aliphatic carbocycles. The lowest BCUT2D eigenvalue weighted by molar-refractivity contribution is 0.122. The lowest BCUT2D eigenvalue weighted by Gasteiger charge is -2.34. The summed E-state index contributed by atoms with van der Waals surface area (Å²) in [6.45, 7) is 8.71. The van der Waals surface area contributed by atoms with E-state index in [0.717, 1.165) is 44.3 Å². The first-order chi connectivity index (χ1) is 10.7. The van der Waals surface area contributed by atoms with E-state index in [4.69, 9.17) is 11.6 Å². The zero-order valence-electron chi connectivity index (χ0n) is 13.1. The Balaban J connectivity index is 1.49. The molecule has 1 heterocycles. The fourth-order valence-electron chi connectivity index (χ4n) is 2.95. The third kappa shape index (κ3) is 4.33. The Bertz CT molecular complexity index is 601. The van der Waals surface area contributed by atoms with E-state index in [2.05, 4.69) is 53.1 Å². The van der Waals surface area contributed by atoms with E-state index >= 15 is 0 Å². The van der Waals surface area contributed by atoms with Crippen molar-refractivity contribution in [2.24, 2.45) is 0 Å². The van der Waals surface area contributed by atoms with Gasteiger partial charge in [0.05, 0.1) is 0 Å². The molecular formula is C19H23ClN2. The average Bonchev–Trinajstić information content (AvgIpc) is 2.52. The second-order valence-electron chi connectivity index (χ2n) is 6.17. The van der Waals surface area contributed by atoms with Gasteiger partial charge in [-0.15, -0.1) is 0 Å². The highest BCUT2D eigenvalue weighted by atomic mass is 35.5. The van der Waals surface area contributed by atoms with Crippen molar-refractivity contribution in [3.05, 3.63) is 70.2 Å². The molecule has 1 saturated heterocycles. The topological polar surface area (TPSA) is 6.48 Å². The fraction of sp³-hybridized carbons (Fsp3) is 0.368. The molecule has 0 N–H and O–H groups in total. The molecule has 0 unspecified atom stereocenters. The Morgan fingerprint density at radius 2 is 1.41 bits per heavy atom. The van der Waals surface area contributed by atoms with Crippen molar-refractivity contribution >= 4 is 11.6 Å². The minimum Gasteiger partial charge on any atom is -0.297 e. The Kier molecular flexibility index (Phi) is 5.14. The van der Waals surface area contributed by atoms with Crippen LogP contribution >= 0.6 is 11.6 Å². The zero-order valence-corrected chi connectivity index (χ0v) is 13.9. The maximum Gasteiger partial charge on any atom is 0.0409 e. The van der Waals surface area contributed by atoms with Crippen molar-refractivity contribution in [2.75, 3.05) is 26.2 Å². The summed E-state index contributed by atoms with van der Waals surface area (Å²) < 4.78 is 0. The van der Waals surface area contributed by atoms with E-state index in [1.165, 1.54) is 16.7 Å². The number of nitrogens with zero attached hydrogens (tertiary/aromatic N) is 2. The molecule has 0 aromatic heterocycles. The molecule has 0 amide bonds. The second kappa shape index (κ2) is 7.28. The van der Waals surface area contributed by atoms with Crippen LogP contribution < -0.4 is 0 Å². The number of aryl methyl sites for hydroxylation is 1. The highest BCUT2D eigenvalue weighted by Gasteiger charge is 2.17. The quantitative estimate of drug-likeness (QED) is 0.842. The molecular weight excluding hydrogens is 292 g/mol. The first-order valence-electron chi connectivity index (χ1n) is 7.94. The minimum atomic E-state index is 0.829. The zero-order chi connectivity index (χ0) is 15.4. The molecule has 116 valence electrons. The maximum atomic E-state index is 6.06. The molecule has 2 aromatic rings. The summed E-state index contributed by atoms with van der Waals surface area (Å²) in [5, 5.41) is 0.829. The van der Waals surface area contributed by atoms with Crippen molar-refractivity contribution in [3.8, 4) is 0 Å². The molecule has 2 nitrogen and oxygen atoms in total. The normalized spacial score (nSPS) is 16.8. The van der Waals surface area contributed by atoms with Gasteiger partial charge in [-0.1, -0.05) is 53.6 Å². The van der Waals surface area contributed by atoms with Gasteiger partial charge in [0.15, 0.2) is 0 Å². The molecule has 22 heavy (non-hydrogen) atoms. The standard InChI is InChI=1S/C19H23ClN2/c1-16-5-7-17(8-6-16)14-21-9-11-22(12-10-21)15-18-3-2-4-19(20)13-18/h2-8,13H,9-12,14-15H2,1H3. The fourth-order valence-corrected chi connectivity index (χ4v) is 3.16. The van der Waals surface area contributed by atoms with E-state index in [1.807, 2.05) is 12.1 Å². The van der Waals surface area contributed by atoms with Gasteiger partial charge in [-0.2, -0.15) is 0 Å². The highest BCUT2D eigenvalue weighted by molar-refractivity contribution is 6.30. The SMILES string of the molecule is Cc1ccc(CN2CCN(Cc3cccc(Cl)c3)CC2)cc1. The summed E-state index contributed by atoms with van der Waals surface area (Å²) in [5.41, 5.74) is 4.04. The first kappa shape index (κ1) is 15.5. The van der Waals surface area contributed by atoms with Crippen molar-refractivity contribution in [1.29, 1.82) is 0 Å². The molecule has 3 rings (SSSR count). The Labute approximate surface area is 138 Å². The van der Waals surface area contributed by atoms with Gasteiger partial charge in [0.1, 0.15) is 0 Å². The van der Waals surface area contributed by atoms with Gasteiger partial charge < -0.3 is 0 Å². The summed E-state index contributed by atoms with van der Waals surface area (Å²) in [5.74, 6) is 0. The van der Waals surface area contributed by atoms with E-state index in [0.29, 0.717) is 0 Å². The van der Waals surface area contributed by atoms with Crippen LogP contribution in [-0.2, 0) is 13.1 Å². The number of hydrogen-bond acceptors (Lipinski definition) is 2. The summed E-state index contributed by atoms with van der Waals surface area (Å²) in [7, 11) is 0. The molecule has 0 radical (unpaired) electrons. The minimum absolute atomic E-state index is 0.829. The predicted octanol–water partition coefficient (Wildman–Crippen LogP) is 3.97. The number of piperazine rings is 1.